The van der Waals surface area contributed by atoms with Crippen LogP contribution in [0.4, 0.5) is 0 Å². The Hall–Kier alpha value is -1.55. The van der Waals surface area contributed by atoms with Crippen LogP contribution in [0.1, 0.15) is 31.1 Å². The van der Waals surface area contributed by atoms with Crippen molar-refractivity contribution < 1.29 is 19.1 Å². The Balaban J connectivity index is 3.09. The maximum absolute atomic E-state index is 11.1. The third-order valence-corrected chi connectivity index (χ3v) is 1.99. The van der Waals surface area contributed by atoms with E-state index in [1.807, 2.05) is 13.8 Å². The van der Waals surface area contributed by atoms with Crippen molar-refractivity contribution in [3.05, 3.63) is 23.8 Å². The summed E-state index contributed by atoms with van der Waals surface area (Å²) < 4.78 is 10.3. The lowest BCUT2D eigenvalue weighted by atomic mass is 10.2. The van der Waals surface area contributed by atoms with Gasteiger partial charge in [-0.05, 0) is 37.6 Å². The van der Waals surface area contributed by atoms with E-state index >= 15 is 0 Å². The largest absolute Gasteiger partial charge is 0.491 e. The van der Waals surface area contributed by atoms with Gasteiger partial charge in [-0.3, -0.25) is 9.59 Å². The molecule has 0 aliphatic rings. The molecule has 0 fully saturated rings. The van der Waals surface area contributed by atoms with Crippen molar-refractivity contribution in [2.24, 2.45) is 0 Å². The molecule has 0 saturated carbocycles. The van der Waals surface area contributed by atoms with Crippen LogP contribution in [0.15, 0.2) is 18.2 Å². The summed E-state index contributed by atoms with van der Waals surface area (Å²) in [6.07, 6.45) is -0.0160. The van der Waals surface area contributed by atoms with Gasteiger partial charge in [-0.2, -0.15) is 0 Å². The molecule has 17 heavy (non-hydrogen) atoms. The minimum Gasteiger partial charge on any atom is -0.491 e. The number of ether oxygens (including phenoxy) is 2. The predicted octanol–water partition coefficient (Wildman–Crippen LogP) is 2.78. The van der Waals surface area contributed by atoms with Crippen molar-refractivity contribution in [2.75, 3.05) is 0 Å². The Labute approximate surface area is 104 Å². The van der Waals surface area contributed by atoms with Gasteiger partial charge in [0.2, 0.25) is 0 Å². The maximum atomic E-state index is 11.1. The first-order valence-corrected chi connectivity index (χ1v) is 5.47. The van der Waals surface area contributed by atoms with Gasteiger partial charge >= 0.3 is 5.97 Å². The first-order chi connectivity index (χ1) is 7.90. The molecule has 0 amide bonds. The van der Waals surface area contributed by atoms with Crippen molar-refractivity contribution in [3.63, 3.8) is 0 Å². The molecule has 0 aromatic heterocycles. The van der Waals surface area contributed by atoms with E-state index in [2.05, 4.69) is 0 Å². The Morgan fingerprint density at radius 1 is 1.29 bits per heavy atom. The average molecular weight is 257 g/mol. The molecule has 1 aromatic rings. The zero-order valence-corrected chi connectivity index (χ0v) is 10.6. The van der Waals surface area contributed by atoms with E-state index in [1.165, 1.54) is 19.1 Å². The van der Waals surface area contributed by atoms with E-state index in [0.717, 1.165) is 0 Å². The molecular formula is C12H13ClO4. The predicted molar refractivity (Wildman–Crippen MR) is 63.7 cm³/mol. The molecule has 5 heteroatoms. The molecule has 0 radical (unpaired) electrons. The van der Waals surface area contributed by atoms with Gasteiger partial charge in [0.15, 0.2) is 0 Å². The van der Waals surface area contributed by atoms with E-state index in [9.17, 15) is 9.59 Å². The van der Waals surface area contributed by atoms with Crippen LogP contribution in [0.3, 0.4) is 0 Å². The van der Waals surface area contributed by atoms with Crippen molar-refractivity contribution in [1.82, 2.24) is 0 Å². The summed E-state index contributed by atoms with van der Waals surface area (Å²) >= 11 is 5.38. The van der Waals surface area contributed by atoms with Crippen LogP contribution in [-0.2, 0) is 4.79 Å². The van der Waals surface area contributed by atoms with Gasteiger partial charge in [-0.15, -0.1) is 0 Å². The molecule has 0 saturated heterocycles. The zero-order chi connectivity index (χ0) is 13.0. The highest BCUT2D eigenvalue weighted by Gasteiger charge is 2.13. The van der Waals surface area contributed by atoms with E-state index < -0.39 is 11.2 Å². The van der Waals surface area contributed by atoms with Gasteiger partial charge in [0.25, 0.3) is 5.24 Å². The molecule has 0 bridgehead atoms. The molecule has 1 aromatic carbocycles. The normalized spacial score (nSPS) is 10.2. The summed E-state index contributed by atoms with van der Waals surface area (Å²) in [6, 6.07) is 4.53. The van der Waals surface area contributed by atoms with Crippen LogP contribution in [0.25, 0.3) is 0 Å². The monoisotopic (exact) mass is 256 g/mol. The summed E-state index contributed by atoms with van der Waals surface area (Å²) in [5.41, 5.74) is 0.137. The lowest BCUT2D eigenvalue weighted by Crippen LogP contribution is -2.08. The van der Waals surface area contributed by atoms with Gasteiger partial charge in [0, 0.05) is 13.0 Å². The fourth-order valence-electron chi connectivity index (χ4n) is 1.25. The second-order valence-electron chi connectivity index (χ2n) is 3.69. The highest BCUT2D eigenvalue weighted by atomic mass is 35.5. The van der Waals surface area contributed by atoms with Crippen LogP contribution in [0.2, 0.25) is 0 Å². The number of benzene rings is 1. The van der Waals surface area contributed by atoms with E-state index in [0.29, 0.717) is 5.75 Å². The highest BCUT2D eigenvalue weighted by molar-refractivity contribution is 6.68. The summed E-state index contributed by atoms with van der Waals surface area (Å²) in [6.45, 7) is 4.98. The Kier molecular flexibility index (Phi) is 4.52. The van der Waals surface area contributed by atoms with Gasteiger partial charge in [0.1, 0.15) is 11.5 Å². The van der Waals surface area contributed by atoms with Crippen LogP contribution < -0.4 is 9.47 Å². The second-order valence-corrected chi connectivity index (χ2v) is 4.04. The Bertz CT molecular complexity index is 440. The van der Waals surface area contributed by atoms with E-state index in [-0.39, 0.29) is 17.4 Å². The third-order valence-electron chi connectivity index (χ3n) is 1.79. The molecule has 92 valence electrons. The lowest BCUT2D eigenvalue weighted by Gasteiger charge is -2.12. The topological polar surface area (TPSA) is 52.6 Å². The fraction of sp³-hybridized carbons (Fsp3) is 0.333. The van der Waals surface area contributed by atoms with Crippen molar-refractivity contribution in [2.45, 2.75) is 26.9 Å². The minimum absolute atomic E-state index is 0.0160. The molecule has 0 atom stereocenters. The number of rotatable bonds is 4. The summed E-state index contributed by atoms with van der Waals surface area (Å²) in [7, 11) is 0. The SMILES string of the molecule is CC(=O)Oc1cc(OC(C)C)ccc1C(=O)Cl. The second kappa shape index (κ2) is 5.68. The highest BCUT2D eigenvalue weighted by Crippen LogP contribution is 2.27. The van der Waals surface area contributed by atoms with Crippen molar-refractivity contribution >= 4 is 22.8 Å². The fourth-order valence-corrected chi connectivity index (χ4v) is 1.41. The number of esters is 1. The smallest absolute Gasteiger partial charge is 0.308 e. The molecule has 0 aliphatic heterocycles. The Morgan fingerprint density at radius 3 is 2.41 bits per heavy atom. The van der Waals surface area contributed by atoms with Gasteiger partial charge in [-0.25, -0.2) is 0 Å². The molecule has 4 nitrogen and oxygen atoms in total. The van der Waals surface area contributed by atoms with Crippen molar-refractivity contribution in [3.8, 4) is 11.5 Å². The van der Waals surface area contributed by atoms with Gasteiger partial charge < -0.3 is 9.47 Å². The van der Waals surface area contributed by atoms with Crippen LogP contribution in [0, 0.1) is 0 Å². The maximum Gasteiger partial charge on any atom is 0.308 e. The number of hydrogen-bond acceptors (Lipinski definition) is 4. The number of carbonyl (C=O) groups is 2. The first kappa shape index (κ1) is 13.5. The number of halogens is 1. The molecule has 0 unspecified atom stereocenters. The average Bonchev–Trinajstić information content (AvgIpc) is 2.15. The van der Waals surface area contributed by atoms with Crippen LogP contribution in [-0.4, -0.2) is 17.3 Å². The molecule has 0 aliphatic carbocycles. The zero-order valence-electron chi connectivity index (χ0n) is 9.82. The Morgan fingerprint density at radius 2 is 1.94 bits per heavy atom. The summed E-state index contributed by atoms with van der Waals surface area (Å²) in [5, 5.41) is -0.683. The minimum atomic E-state index is -0.683. The molecule has 0 heterocycles. The molecule has 0 spiro atoms. The van der Waals surface area contributed by atoms with E-state index in [1.54, 1.807) is 6.07 Å². The van der Waals surface area contributed by atoms with Gasteiger partial charge in [0.05, 0.1) is 11.7 Å². The first-order valence-electron chi connectivity index (χ1n) is 5.09. The molecule has 0 N–H and O–H groups in total. The number of carbonyl (C=O) groups excluding carboxylic acids is 2. The number of hydrogen-bond donors (Lipinski definition) is 0. The van der Waals surface area contributed by atoms with Crippen LogP contribution in [0.5, 0.6) is 11.5 Å². The van der Waals surface area contributed by atoms with E-state index in [4.69, 9.17) is 21.1 Å². The standard InChI is InChI=1S/C12H13ClO4/c1-7(2)16-9-4-5-10(12(13)15)11(6-9)17-8(3)14/h4-7H,1-3H3. The lowest BCUT2D eigenvalue weighted by molar-refractivity contribution is -0.131. The van der Waals surface area contributed by atoms with Crippen molar-refractivity contribution in [1.29, 1.82) is 0 Å². The summed E-state index contributed by atoms with van der Waals surface area (Å²) in [5.74, 6) is 0.0967. The molecular weight excluding hydrogens is 244 g/mol. The quantitative estimate of drug-likeness (QED) is 0.472. The van der Waals surface area contributed by atoms with Gasteiger partial charge in [-0.1, -0.05) is 0 Å². The molecule has 1 rings (SSSR count). The third kappa shape index (κ3) is 4.07. The van der Waals surface area contributed by atoms with Crippen LogP contribution >= 0.6 is 11.6 Å². The summed E-state index contributed by atoms with van der Waals surface area (Å²) in [4.78, 5) is 22.0.